The number of nitrogens with one attached hydrogen (secondary N) is 1. The van der Waals surface area contributed by atoms with Gasteiger partial charge in [0.25, 0.3) is 5.91 Å². The maximum absolute atomic E-state index is 12.4. The molecule has 136 valence electrons. The molecule has 6 nitrogen and oxygen atoms in total. The van der Waals surface area contributed by atoms with Crippen molar-refractivity contribution in [1.29, 1.82) is 0 Å². The molecule has 1 N–H and O–H groups in total. The van der Waals surface area contributed by atoms with E-state index in [-0.39, 0.29) is 5.91 Å². The highest BCUT2D eigenvalue weighted by molar-refractivity contribution is 5.92. The highest BCUT2D eigenvalue weighted by Gasteiger charge is 2.20. The van der Waals surface area contributed by atoms with Crippen LogP contribution in [0.15, 0.2) is 42.6 Å². The van der Waals surface area contributed by atoms with Crippen LogP contribution in [0.2, 0.25) is 0 Å². The highest BCUT2D eigenvalue weighted by Crippen LogP contribution is 2.29. The summed E-state index contributed by atoms with van der Waals surface area (Å²) in [5.74, 6) is 0.0303. The first-order valence-electron chi connectivity index (χ1n) is 9.25. The third-order valence-corrected chi connectivity index (χ3v) is 4.91. The lowest BCUT2D eigenvalue weighted by Crippen LogP contribution is -2.36. The number of anilines is 3. The van der Waals surface area contributed by atoms with E-state index >= 15 is 0 Å². The average molecular weight is 352 g/mol. The van der Waals surface area contributed by atoms with E-state index in [4.69, 9.17) is 4.74 Å². The number of hydrogen-bond donors (Lipinski definition) is 1. The summed E-state index contributed by atoms with van der Waals surface area (Å²) in [4.78, 5) is 21.0. The number of pyridine rings is 1. The molecule has 0 radical (unpaired) electrons. The zero-order valence-electron chi connectivity index (χ0n) is 14.9. The van der Waals surface area contributed by atoms with Crippen molar-refractivity contribution in [2.75, 3.05) is 49.6 Å². The number of amides is 1. The summed E-state index contributed by atoms with van der Waals surface area (Å²) < 4.78 is 5.45. The predicted molar refractivity (Wildman–Crippen MR) is 102 cm³/mol. The number of carbonyl (C=O) groups excluding carboxylic acids is 1. The minimum absolute atomic E-state index is 0.0303. The van der Waals surface area contributed by atoms with Crippen LogP contribution >= 0.6 is 0 Å². The van der Waals surface area contributed by atoms with E-state index in [1.807, 2.05) is 23.1 Å². The third-order valence-electron chi connectivity index (χ3n) is 4.91. The molecule has 2 saturated heterocycles. The summed E-state index contributed by atoms with van der Waals surface area (Å²) in [6.45, 7) is 4.97. The van der Waals surface area contributed by atoms with Crippen molar-refractivity contribution in [3.8, 4) is 0 Å². The topological polar surface area (TPSA) is 57.7 Å². The molecule has 2 aromatic rings. The summed E-state index contributed by atoms with van der Waals surface area (Å²) in [7, 11) is 0. The Bertz CT molecular complexity index is 751. The number of aromatic nitrogens is 1. The van der Waals surface area contributed by atoms with Gasteiger partial charge in [-0.3, -0.25) is 4.79 Å². The van der Waals surface area contributed by atoms with Crippen molar-refractivity contribution in [2.24, 2.45) is 0 Å². The van der Waals surface area contributed by atoms with Gasteiger partial charge in [-0.2, -0.15) is 0 Å². The fraction of sp³-hybridized carbons (Fsp3) is 0.400. The van der Waals surface area contributed by atoms with Crippen LogP contribution in [-0.2, 0) is 4.74 Å². The summed E-state index contributed by atoms with van der Waals surface area (Å²) in [6.07, 6.45) is 3.91. The lowest BCUT2D eigenvalue weighted by atomic mass is 10.2. The number of carbonyl (C=O) groups is 1. The number of morpholine rings is 1. The molecule has 2 fully saturated rings. The van der Waals surface area contributed by atoms with Gasteiger partial charge >= 0.3 is 0 Å². The SMILES string of the molecule is O=C(c1ccc(Nc2ccccc2N2CCOCC2)cn1)N1CCCC1. The van der Waals surface area contributed by atoms with E-state index in [1.54, 1.807) is 12.3 Å². The van der Waals surface area contributed by atoms with Crippen LogP contribution in [0.25, 0.3) is 0 Å². The van der Waals surface area contributed by atoms with Gasteiger partial charge in [-0.15, -0.1) is 0 Å². The van der Waals surface area contributed by atoms with Gasteiger partial charge in [-0.1, -0.05) is 12.1 Å². The fourth-order valence-electron chi connectivity index (χ4n) is 3.49. The number of rotatable bonds is 4. The number of benzene rings is 1. The van der Waals surface area contributed by atoms with E-state index in [0.29, 0.717) is 5.69 Å². The molecule has 1 aromatic carbocycles. The zero-order chi connectivity index (χ0) is 17.8. The normalized spacial score (nSPS) is 17.4. The van der Waals surface area contributed by atoms with Crippen LogP contribution in [-0.4, -0.2) is 55.2 Å². The average Bonchev–Trinajstić information content (AvgIpc) is 3.24. The predicted octanol–water partition coefficient (Wildman–Crippen LogP) is 2.90. The Balaban J connectivity index is 1.48. The van der Waals surface area contributed by atoms with Crippen LogP contribution in [0, 0.1) is 0 Å². The monoisotopic (exact) mass is 352 g/mol. The van der Waals surface area contributed by atoms with Crippen molar-refractivity contribution in [2.45, 2.75) is 12.8 Å². The minimum atomic E-state index is 0.0303. The van der Waals surface area contributed by atoms with Gasteiger partial charge in [0.1, 0.15) is 5.69 Å². The minimum Gasteiger partial charge on any atom is -0.378 e. The summed E-state index contributed by atoms with van der Waals surface area (Å²) in [5, 5.41) is 3.44. The van der Waals surface area contributed by atoms with Gasteiger partial charge in [0.05, 0.1) is 36.5 Å². The summed E-state index contributed by atoms with van der Waals surface area (Å²) >= 11 is 0. The van der Waals surface area contributed by atoms with Gasteiger partial charge in [-0.25, -0.2) is 4.98 Å². The molecule has 0 bridgehead atoms. The Morgan fingerprint density at radius 2 is 1.77 bits per heavy atom. The molecule has 0 saturated carbocycles. The maximum Gasteiger partial charge on any atom is 0.272 e. The number of ether oxygens (including phenoxy) is 1. The Labute approximate surface area is 153 Å². The molecule has 3 heterocycles. The molecule has 2 aliphatic rings. The van der Waals surface area contributed by atoms with Crippen LogP contribution in [0.4, 0.5) is 17.1 Å². The first-order valence-corrected chi connectivity index (χ1v) is 9.25. The van der Waals surface area contributed by atoms with Gasteiger partial charge in [0.2, 0.25) is 0 Å². The number of para-hydroxylation sites is 2. The smallest absolute Gasteiger partial charge is 0.272 e. The Morgan fingerprint density at radius 1 is 1.00 bits per heavy atom. The van der Waals surface area contributed by atoms with Crippen molar-refractivity contribution in [3.05, 3.63) is 48.3 Å². The molecule has 0 spiro atoms. The molecule has 6 heteroatoms. The van der Waals surface area contributed by atoms with E-state index < -0.39 is 0 Å². The second kappa shape index (κ2) is 7.74. The largest absolute Gasteiger partial charge is 0.378 e. The Morgan fingerprint density at radius 3 is 2.50 bits per heavy atom. The quantitative estimate of drug-likeness (QED) is 0.917. The van der Waals surface area contributed by atoms with Crippen LogP contribution in [0.3, 0.4) is 0 Å². The van der Waals surface area contributed by atoms with Gasteiger partial charge < -0.3 is 19.9 Å². The lowest BCUT2D eigenvalue weighted by Gasteiger charge is -2.30. The van der Waals surface area contributed by atoms with Gasteiger partial charge in [-0.05, 0) is 37.1 Å². The lowest BCUT2D eigenvalue weighted by molar-refractivity contribution is 0.0787. The molecule has 4 rings (SSSR count). The van der Waals surface area contributed by atoms with Crippen molar-refractivity contribution < 1.29 is 9.53 Å². The molecular weight excluding hydrogens is 328 g/mol. The van der Waals surface area contributed by atoms with E-state index in [2.05, 4.69) is 27.3 Å². The Hall–Kier alpha value is -2.60. The molecule has 26 heavy (non-hydrogen) atoms. The molecular formula is C20H24N4O2. The van der Waals surface area contributed by atoms with E-state index in [9.17, 15) is 4.79 Å². The number of hydrogen-bond acceptors (Lipinski definition) is 5. The van der Waals surface area contributed by atoms with Crippen LogP contribution < -0.4 is 10.2 Å². The van der Waals surface area contributed by atoms with Crippen LogP contribution in [0.5, 0.6) is 0 Å². The standard InChI is InChI=1S/C20H24N4O2/c25-20(24-9-3-4-10-24)18-8-7-16(15-21-18)22-17-5-1-2-6-19(17)23-11-13-26-14-12-23/h1-2,5-8,15,22H,3-4,9-14H2. The van der Waals surface area contributed by atoms with Crippen LogP contribution in [0.1, 0.15) is 23.3 Å². The zero-order valence-corrected chi connectivity index (χ0v) is 14.9. The molecule has 1 amide bonds. The summed E-state index contributed by atoms with van der Waals surface area (Å²) in [5.41, 5.74) is 3.59. The van der Waals surface area contributed by atoms with Gasteiger partial charge in [0, 0.05) is 26.2 Å². The third kappa shape index (κ3) is 3.65. The van der Waals surface area contributed by atoms with E-state index in [1.165, 1.54) is 0 Å². The number of likely N-dealkylation sites (tertiary alicyclic amines) is 1. The molecule has 0 aliphatic carbocycles. The van der Waals surface area contributed by atoms with Gasteiger partial charge in [0.15, 0.2) is 0 Å². The maximum atomic E-state index is 12.4. The second-order valence-corrected chi connectivity index (χ2v) is 6.67. The first-order chi connectivity index (χ1) is 12.8. The molecule has 2 aliphatic heterocycles. The van der Waals surface area contributed by atoms with Crippen molar-refractivity contribution in [1.82, 2.24) is 9.88 Å². The molecule has 0 unspecified atom stereocenters. The fourth-order valence-corrected chi connectivity index (χ4v) is 3.49. The van der Waals surface area contributed by atoms with E-state index in [0.717, 1.165) is 69.3 Å². The molecule has 1 aromatic heterocycles. The second-order valence-electron chi connectivity index (χ2n) is 6.67. The Kier molecular flexibility index (Phi) is 5.02. The van der Waals surface area contributed by atoms with Crippen molar-refractivity contribution >= 4 is 23.0 Å². The summed E-state index contributed by atoms with van der Waals surface area (Å²) in [6, 6.07) is 12.0. The highest BCUT2D eigenvalue weighted by atomic mass is 16.5. The van der Waals surface area contributed by atoms with Crippen molar-refractivity contribution in [3.63, 3.8) is 0 Å². The number of nitrogens with zero attached hydrogens (tertiary/aromatic N) is 3. The first kappa shape index (κ1) is 16.8. The molecule has 0 atom stereocenters.